The van der Waals surface area contributed by atoms with Crippen molar-refractivity contribution in [3.05, 3.63) is 17.8 Å². The Morgan fingerprint density at radius 3 is 3.06 bits per heavy atom. The molecule has 0 radical (unpaired) electrons. The van der Waals surface area contributed by atoms with Gasteiger partial charge in [-0.3, -0.25) is 0 Å². The highest BCUT2D eigenvalue weighted by Crippen LogP contribution is 2.32. The van der Waals surface area contributed by atoms with Gasteiger partial charge in [-0.25, -0.2) is 4.98 Å². The molecule has 0 atom stereocenters. The van der Waals surface area contributed by atoms with E-state index in [-0.39, 0.29) is 0 Å². The summed E-state index contributed by atoms with van der Waals surface area (Å²) in [5.41, 5.74) is 0. The van der Waals surface area contributed by atoms with Gasteiger partial charge in [-0.1, -0.05) is 0 Å². The molecule has 0 aliphatic heterocycles. The highest BCUT2D eigenvalue weighted by molar-refractivity contribution is 6.17. The molecule has 0 saturated heterocycles. The van der Waals surface area contributed by atoms with Gasteiger partial charge < -0.3 is 9.15 Å². The molecule has 1 saturated carbocycles. The molecule has 1 fully saturated rings. The zero-order valence-electron chi connectivity index (χ0n) is 10.3. The summed E-state index contributed by atoms with van der Waals surface area (Å²) in [6, 6.07) is 0. The minimum absolute atomic E-state index is 0.476. The third-order valence-electron chi connectivity index (χ3n) is 3.21. The Kier molecular flexibility index (Phi) is 4.86. The number of nitrogens with zero attached hydrogens (tertiary/aromatic N) is 1. The molecule has 96 valence electrons. The summed E-state index contributed by atoms with van der Waals surface area (Å²) in [7, 11) is 0. The molecule has 0 amide bonds. The Morgan fingerprint density at radius 1 is 1.53 bits per heavy atom. The van der Waals surface area contributed by atoms with Gasteiger partial charge in [0, 0.05) is 25.3 Å². The molecule has 4 heteroatoms. The van der Waals surface area contributed by atoms with Gasteiger partial charge in [0.25, 0.3) is 0 Å². The van der Waals surface area contributed by atoms with Gasteiger partial charge in [0.05, 0.1) is 12.3 Å². The van der Waals surface area contributed by atoms with Crippen LogP contribution in [0.3, 0.4) is 0 Å². The minimum atomic E-state index is 0.476. The van der Waals surface area contributed by atoms with Gasteiger partial charge >= 0.3 is 0 Å². The SMILES string of the molecule is CCOC1CC(Cc2cnc(CCCCl)o2)C1. The summed E-state index contributed by atoms with van der Waals surface area (Å²) in [6.45, 7) is 2.87. The molecule has 1 heterocycles. The van der Waals surface area contributed by atoms with E-state index >= 15 is 0 Å². The topological polar surface area (TPSA) is 35.3 Å². The first-order chi connectivity index (χ1) is 8.31. The lowest BCUT2D eigenvalue weighted by atomic mass is 9.79. The van der Waals surface area contributed by atoms with Crippen molar-refractivity contribution < 1.29 is 9.15 Å². The van der Waals surface area contributed by atoms with Crippen molar-refractivity contribution in [3.63, 3.8) is 0 Å². The zero-order valence-corrected chi connectivity index (χ0v) is 11.1. The molecular formula is C13H20ClNO2. The average molecular weight is 258 g/mol. The predicted octanol–water partition coefficient (Wildman–Crippen LogP) is 3.20. The fourth-order valence-electron chi connectivity index (χ4n) is 2.27. The number of rotatable bonds is 7. The summed E-state index contributed by atoms with van der Waals surface area (Å²) in [5.74, 6) is 3.20. The largest absolute Gasteiger partial charge is 0.446 e. The normalized spacial score (nSPS) is 23.6. The Balaban J connectivity index is 1.71. The van der Waals surface area contributed by atoms with Crippen molar-refractivity contribution in [1.29, 1.82) is 0 Å². The van der Waals surface area contributed by atoms with Crippen LogP contribution in [-0.2, 0) is 17.6 Å². The van der Waals surface area contributed by atoms with Crippen molar-refractivity contribution in [2.75, 3.05) is 12.5 Å². The van der Waals surface area contributed by atoms with Crippen LogP contribution >= 0.6 is 11.6 Å². The maximum Gasteiger partial charge on any atom is 0.194 e. The van der Waals surface area contributed by atoms with E-state index in [1.54, 1.807) is 0 Å². The molecule has 3 nitrogen and oxygen atoms in total. The van der Waals surface area contributed by atoms with Crippen LogP contribution in [0.5, 0.6) is 0 Å². The summed E-state index contributed by atoms with van der Waals surface area (Å²) in [5, 5.41) is 0. The van der Waals surface area contributed by atoms with Gasteiger partial charge in [0.2, 0.25) is 0 Å². The Morgan fingerprint density at radius 2 is 2.35 bits per heavy atom. The molecule has 0 unspecified atom stereocenters. The second-order valence-corrected chi connectivity index (χ2v) is 5.01. The minimum Gasteiger partial charge on any atom is -0.446 e. The zero-order chi connectivity index (χ0) is 12.1. The third-order valence-corrected chi connectivity index (χ3v) is 3.48. The lowest BCUT2D eigenvalue weighted by molar-refractivity contribution is -0.0252. The van der Waals surface area contributed by atoms with E-state index in [0.717, 1.165) is 50.4 Å². The first-order valence-electron chi connectivity index (χ1n) is 6.43. The molecule has 1 aliphatic rings. The summed E-state index contributed by atoms with van der Waals surface area (Å²) in [4.78, 5) is 4.26. The van der Waals surface area contributed by atoms with E-state index in [0.29, 0.717) is 17.9 Å². The molecule has 0 bridgehead atoms. The Labute approximate surface area is 108 Å². The molecular weight excluding hydrogens is 238 g/mol. The second kappa shape index (κ2) is 6.41. The van der Waals surface area contributed by atoms with E-state index in [1.165, 1.54) is 0 Å². The van der Waals surface area contributed by atoms with Gasteiger partial charge in [0.15, 0.2) is 5.89 Å². The number of aryl methyl sites for hydroxylation is 1. The van der Waals surface area contributed by atoms with E-state index in [4.69, 9.17) is 20.8 Å². The van der Waals surface area contributed by atoms with E-state index in [2.05, 4.69) is 4.98 Å². The van der Waals surface area contributed by atoms with E-state index in [9.17, 15) is 0 Å². The number of hydrogen-bond donors (Lipinski definition) is 0. The molecule has 0 spiro atoms. The van der Waals surface area contributed by atoms with Gasteiger partial charge in [-0.15, -0.1) is 11.6 Å². The maximum absolute atomic E-state index is 5.68. The quantitative estimate of drug-likeness (QED) is 0.704. The first-order valence-corrected chi connectivity index (χ1v) is 6.96. The van der Waals surface area contributed by atoms with Crippen LogP contribution in [0.4, 0.5) is 0 Å². The fraction of sp³-hybridized carbons (Fsp3) is 0.769. The molecule has 17 heavy (non-hydrogen) atoms. The van der Waals surface area contributed by atoms with Crippen molar-refractivity contribution in [3.8, 4) is 0 Å². The van der Waals surface area contributed by atoms with Gasteiger partial charge in [-0.2, -0.15) is 0 Å². The van der Waals surface area contributed by atoms with Crippen LogP contribution in [0.25, 0.3) is 0 Å². The summed E-state index contributed by atoms with van der Waals surface area (Å²) in [6.07, 6.45) is 7.42. The molecule has 1 aromatic rings. The fourth-order valence-corrected chi connectivity index (χ4v) is 2.41. The molecule has 1 aromatic heterocycles. The van der Waals surface area contributed by atoms with Crippen LogP contribution in [0.15, 0.2) is 10.6 Å². The Hall–Kier alpha value is -0.540. The van der Waals surface area contributed by atoms with Crippen molar-refractivity contribution >= 4 is 11.6 Å². The van der Waals surface area contributed by atoms with Gasteiger partial charge in [0.1, 0.15) is 5.76 Å². The van der Waals surface area contributed by atoms with Crippen LogP contribution < -0.4 is 0 Å². The van der Waals surface area contributed by atoms with Gasteiger partial charge in [-0.05, 0) is 32.1 Å². The monoisotopic (exact) mass is 257 g/mol. The highest BCUT2D eigenvalue weighted by atomic mass is 35.5. The van der Waals surface area contributed by atoms with Crippen molar-refractivity contribution in [1.82, 2.24) is 4.98 Å². The van der Waals surface area contributed by atoms with E-state index in [1.807, 2.05) is 13.1 Å². The van der Waals surface area contributed by atoms with Crippen molar-refractivity contribution in [2.24, 2.45) is 5.92 Å². The number of hydrogen-bond acceptors (Lipinski definition) is 3. The van der Waals surface area contributed by atoms with Crippen LogP contribution in [0.2, 0.25) is 0 Å². The number of aromatic nitrogens is 1. The number of halogens is 1. The third kappa shape index (κ3) is 3.71. The summed E-state index contributed by atoms with van der Waals surface area (Å²) >= 11 is 5.64. The Bertz CT molecular complexity index is 334. The number of oxazole rings is 1. The number of alkyl halides is 1. The van der Waals surface area contributed by atoms with Crippen LogP contribution in [-0.4, -0.2) is 23.6 Å². The maximum atomic E-state index is 5.68. The standard InChI is InChI=1S/C13H20ClNO2/c1-2-16-11-6-10(7-11)8-12-9-15-13(17-12)4-3-5-14/h9-11H,2-8H2,1H3. The molecule has 0 aromatic carbocycles. The summed E-state index contributed by atoms with van der Waals surface area (Å²) < 4.78 is 11.2. The van der Waals surface area contributed by atoms with Crippen LogP contribution in [0.1, 0.15) is 37.8 Å². The lowest BCUT2D eigenvalue weighted by Gasteiger charge is -2.34. The predicted molar refractivity (Wildman–Crippen MR) is 67.4 cm³/mol. The second-order valence-electron chi connectivity index (χ2n) is 4.63. The van der Waals surface area contributed by atoms with E-state index < -0.39 is 0 Å². The van der Waals surface area contributed by atoms with Crippen LogP contribution in [0, 0.1) is 5.92 Å². The average Bonchev–Trinajstić information content (AvgIpc) is 2.71. The van der Waals surface area contributed by atoms with Crippen molar-refractivity contribution in [2.45, 2.75) is 45.1 Å². The molecule has 2 rings (SSSR count). The first kappa shape index (κ1) is 12.9. The smallest absolute Gasteiger partial charge is 0.194 e. The highest BCUT2D eigenvalue weighted by Gasteiger charge is 2.30. The lowest BCUT2D eigenvalue weighted by Crippen LogP contribution is -2.32. The number of ether oxygens (including phenoxy) is 1. The molecule has 0 N–H and O–H groups in total. The molecule has 1 aliphatic carbocycles.